The zero-order valence-corrected chi connectivity index (χ0v) is 10.4. The second-order valence-corrected chi connectivity index (χ2v) is 5.56. The Kier molecular flexibility index (Phi) is 1.97. The van der Waals surface area contributed by atoms with Gasteiger partial charge in [-0.15, -0.1) is 0 Å². The molecule has 16 heavy (non-hydrogen) atoms. The molecule has 2 aliphatic rings. The van der Waals surface area contributed by atoms with Gasteiger partial charge in [0.05, 0.1) is 16.9 Å². The van der Waals surface area contributed by atoms with Gasteiger partial charge in [-0.2, -0.15) is 0 Å². The summed E-state index contributed by atoms with van der Waals surface area (Å²) in [5, 5.41) is 3.60. The highest BCUT2D eigenvalue weighted by Gasteiger charge is 2.51. The van der Waals surface area contributed by atoms with E-state index in [0.29, 0.717) is 11.6 Å². The topological polar surface area (TPSA) is 15.3 Å². The van der Waals surface area contributed by atoms with Crippen LogP contribution in [-0.4, -0.2) is 18.1 Å². The molecule has 1 spiro atoms. The third-order valence-electron chi connectivity index (χ3n) is 3.87. The van der Waals surface area contributed by atoms with Crippen molar-refractivity contribution in [3.05, 3.63) is 23.8 Å². The minimum atomic E-state index is 0.427. The summed E-state index contributed by atoms with van der Waals surface area (Å²) >= 11 is 0. The molecule has 0 bridgehead atoms. The van der Waals surface area contributed by atoms with Crippen LogP contribution in [0, 0.1) is 6.92 Å². The molecule has 2 nitrogen and oxygen atoms in total. The first-order valence-corrected chi connectivity index (χ1v) is 6.26. The first kappa shape index (κ1) is 10.0. The Balaban J connectivity index is 2.08. The van der Waals surface area contributed by atoms with Gasteiger partial charge in [0, 0.05) is 12.6 Å². The number of anilines is 2. The zero-order chi connectivity index (χ0) is 11.3. The highest BCUT2D eigenvalue weighted by atomic mass is 15.3. The summed E-state index contributed by atoms with van der Waals surface area (Å²) in [6.07, 6.45) is 2.68. The second kappa shape index (κ2) is 3.16. The summed E-state index contributed by atoms with van der Waals surface area (Å²) in [6, 6.07) is 7.35. The molecule has 0 radical (unpaired) electrons. The average molecular weight is 216 g/mol. The molecule has 1 aromatic rings. The Morgan fingerprint density at radius 2 is 2.06 bits per heavy atom. The SMILES string of the molecule is Cc1ccc2c(c1)NCC1(CC1)N2C(C)C. The quantitative estimate of drug-likeness (QED) is 0.775. The summed E-state index contributed by atoms with van der Waals surface area (Å²) < 4.78 is 0. The van der Waals surface area contributed by atoms with Crippen LogP contribution in [0.5, 0.6) is 0 Å². The lowest BCUT2D eigenvalue weighted by molar-refractivity contribution is 0.538. The molecular weight excluding hydrogens is 196 g/mol. The van der Waals surface area contributed by atoms with Crippen LogP contribution in [0.2, 0.25) is 0 Å². The van der Waals surface area contributed by atoms with E-state index < -0.39 is 0 Å². The molecule has 3 rings (SSSR count). The molecule has 0 atom stereocenters. The molecule has 0 aromatic heterocycles. The molecular formula is C14H20N2. The number of rotatable bonds is 1. The normalized spacial score (nSPS) is 20.9. The van der Waals surface area contributed by atoms with Crippen LogP contribution in [-0.2, 0) is 0 Å². The number of hydrogen-bond acceptors (Lipinski definition) is 2. The summed E-state index contributed by atoms with van der Waals surface area (Å²) in [4.78, 5) is 2.62. The molecule has 1 aliphatic carbocycles. The maximum Gasteiger partial charge on any atom is 0.0609 e. The fourth-order valence-corrected chi connectivity index (χ4v) is 2.99. The van der Waals surface area contributed by atoms with Crippen LogP contribution in [0.1, 0.15) is 32.3 Å². The Hall–Kier alpha value is -1.18. The summed E-state index contributed by atoms with van der Waals surface area (Å²) in [6.45, 7) is 7.87. The van der Waals surface area contributed by atoms with Crippen LogP contribution in [0.3, 0.4) is 0 Å². The van der Waals surface area contributed by atoms with E-state index in [1.165, 1.54) is 29.8 Å². The van der Waals surface area contributed by atoms with Gasteiger partial charge in [-0.05, 0) is 51.3 Å². The highest BCUT2D eigenvalue weighted by molar-refractivity contribution is 5.76. The highest BCUT2D eigenvalue weighted by Crippen LogP contribution is 2.50. The molecule has 0 amide bonds. The van der Waals surface area contributed by atoms with Gasteiger partial charge in [-0.1, -0.05) is 6.07 Å². The lowest BCUT2D eigenvalue weighted by atomic mass is 10.0. The Morgan fingerprint density at radius 3 is 2.69 bits per heavy atom. The van der Waals surface area contributed by atoms with E-state index in [9.17, 15) is 0 Å². The lowest BCUT2D eigenvalue weighted by Gasteiger charge is -2.43. The van der Waals surface area contributed by atoms with Crippen LogP contribution < -0.4 is 10.2 Å². The molecule has 0 saturated heterocycles. The van der Waals surface area contributed by atoms with Gasteiger partial charge in [0.15, 0.2) is 0 Å². The van der Waals surface area contributed by atoms with Crippen molar-refractivity contribution in [3.8, 4) is 0 Å². The van der Waals surface area contributed by atoms with Crippen LogP contribution in [0.25, 0.3) is 0 Å². The van der Waals surface area contributed by atoms with E-state index >= 15 is 0 Å². The first-order valence-electron chi connectivity index (χ1n) is 6.26. The van der Waals surface area contributed by atoms with Crippen molar-refractivity contribution in [2.45, 2.75) is 45.2 Å². The minimum Gasteiger partial charge on any atom is -0.381 e. The Morgan fingerprint density at radius 1 is 1.31 bits per heavy atom. The largest absolute Gasteiger partial charge is 0.381 e. The number of benzene rings is 1. The Labute approximate surface area is 97.6 Å². The van der Waals surface area contributed by atoms with Gasteiger partial charge in [0.2, 0.25) is 0 Å². The van der Waals surface area contributed by atoms with Crippen LogP contribution in [0.15, 0.2) is 18.2 Å². The zero-order valence-electron chi connectivity index (χ0n) is 10.4. The van der Waals surface area contributed by atoms with Crippen molar-refractivity contribution >= 4 is 11.4 Å². The summed E-state index contributed by atoms with van der Waals surface area (Å²) in [5.41, 5.74) is 4.47. The average Bonchev–Trinajstić information content (AvgIpc) is 2.98. The summed E-state index contributed by atoms with van der Waals surface area (Å²) in [7, 11) is 0. The lowest BCUT2D eigenvalue weighted by Crippen LogP contribution is -2.49. The summed E-state index contributed by atoms with van der Waals surface area (Å²) in [5.74, 6) is 0. The molecule has 1 N–H and O–H groups in total. The van der Waals surface area contributed by atoms with E-state index in [2.05, 4.69) is 49.2 Å². The van der Waals surface area contributed by atoms with Crippen molar-refractivity contribution in [1.82, 2.24) is 0 Å². The van der Waals surface area contributed by atoms with Gasteiger partial charge >= 0.3 is 0 Å². The van der Waals surface area contributed by atoms with E-state index in [4.69, 9.17) is 0 Å². The smallest absolute Gasteiger partial charge is 0.0609 e. The van der Waals surface area contributed by atoms with Crippen molar-refractivity contribution < 1.29 is 0 Å². The maximum atomic E-state index is 3.60. The minimum absolute atomic E-state index is 0.427. The van der Waals surface area contributed by atoms with Crippen molar-refractivity contribution in [2.24, 2.45) is 0 Å². The molecule has 1 aliphatic heterocycles. The molecule has 1 aromatic carbocycles. The van der Waals surface area contributed by atoms with E-state index in [1.807, 2.05) is 0 Å². The van der Waals surface area contributed by atoms with E-state index in [-0.39, 0.29) is 0 Å². The predicted molar refractivity (Wildman–Crippen MR) is 69.2 cm³/mol. The third kappa shape index (κ3) is 1.32. The van der Waals surface area contributed by atoms with Crippen LogP contribution in [0.4, 0.5) is 11.4 Å². The fourth-order valence-electron chi connectivity index (χ4n) is 2.99. The number of nitrogens with zero attached hydrogens (tertiary/aromatic N) is 1. The standard InChI is InChI=1S/C14H20N2/c1-10(2)16-13-5-4-11(3)8-12(13)15-9-14(16)6-7-14/h4-5,8,10,15H,6-7,9H2,1-3H3. The van der Waals surface area contributed by atoms with Gasteiger partial charge in [-0.25, -0.2) is 0 Å². The van der Waals surface area contributed by atoms with Crippen molar-refractivity contribution in [3.63, 3.8) is 0 Å². The monoisotopic (exact) mass is 216 g/mol. The molecule has 0 unspecified atom stereocenters. The van der Waals surface area contributed by atoms with Gasteiger partial charge in [0.1, 0.15) is 0 Å². The number of aryl methyl sites for hydroxylation is 1. The number of hydrogen-bond donors (Lipinski definition) is 1. The predicted octanol–water partition coefficient (Wildman–Crippen LogP) is 3.17. The van der Waals surface area contributed by atoms with Crippen molar-refractivity contribution in [1.29, 1.82) is 0 Å². The molecule has 2 heteroatoms. The maximum absolute atomic E-state index is 3.60. The fraction of sp³-hybridized carbons (Fsp3) is 0.571. The molecule has 86 valence electrons. The van der Waals surface area contributed by atoms with Gasteiger partial charge in [0.25, 0.3) is 0 Å². The Bertz CT molecular complexity index is 419. The van der Waals surface area contributed by atoms with Gasteiger partial charge in [-0.3, -0.25) is 0 Å². The third-order valence-corrected chi connectivity index (χ3v) is 3.87. The second-order valence-electron chi connectivity index (χ2n) is 5.56. The molecule has 1 saturated carbocycles. The van der Waals surface area contributed by atoms with Crippen molar-refractivity contribution in [2.75, 3.05) is 16.8 Å². The number of fused-ring (bicyclic) bond motifs is 1. The van der Waals surface area contributed by atoms with Crippen LogP contribution >= 0.6 is 0 Å². The molecule has 1 heterocycles. The first-order chi connectivity index (χ1) is 7.62. The van der Waals surface area contributed by atoms with E-state index in [1.54, 1.807) is 0 Å². The number of nitrogens with one attached hydrogen (secondary N) is 1. The molecule has 1 fully saturated rings. The van der Waals surface area contributed by atoms with Gasteiger partial charge < -0.3 is 10.2 Å². The van der Waals surface area contributed by atoms with E-state index in [0.717, 1.165) is 6.54 Å².